The number of aromatic nitrogens is 1. The van der Waals surface area contributed by atoms with E-state index < -0.39 is 0 Å². The summed E-state index contributed by atoms with van der Waals surface area (Å²) in [5.41, 5.74) is 1.15. The zero-order valence-corrected chi connectivity index (χ0v) is 14.6. The molecule has 1 N–H and O–H groups in total. The van der Waals surface area contributed by atoms with Crippen molar-refractivity contribution in [1.29, 1.82) is 0 Å². The zero-order valence-electron chi connectivity index (χ0n) is 11.5. The van der Waals surface area contributed by atoms with Crippen LogP contribution in [0.15, 0.2) is 12.1 Å². The maximum atomic E-state index is 12.3. The highest BCUT2D eigenvalue weighted by atomic mass is 35.5. The Hall–Kier alpha value is -0.810. The number of amides is 1. The van der Waals surface area contributed by atoms with Gasteiger partial charge >= 0.3 is 0 Å². The first kappa shape index (κ1) is 16.6. The SMILES string of the molecule is CCCc1nc(C)c(C(=O)Nc2cc(Cl)c(Cl)cc2Cl)s1. The zero-order chi connectivity index (χ0) is 15.6. The smallest absolute Gasteiger partial charge is 0.267 e. The molecule has 1 heterocycles. The van der Waals surface area contributed by atoms with Gasteiger partial charge in [-0.1, -0.05) is 41.7 Å². The van der Waals surface area contributed by atoms with Crippen LogP contribution >= 0.6 is 46.1 Å². The monoisotopic (exact) mass is 362 g/mol. The normalized spacial score (nSPS) is 10.7. The number of nitrogens with zero attached hydrogens (tertiary/aromatic N) is 1. The van der Waals surface area contributed by atoms with Crippen LogP contribution in [0, 0.1) is 6.92 Å². The Morgan fingerprint density at radius 3 is 2.57 bits per heavy atom. The van der Waals surface area contributed by atoms with Gasteiger partial charge in [-0.15, -0.1) is 11.3 Å². The minimum Gasteiger partial charge on any atom is -0.320 e. The molecular formula is C14H13Cl3N2OS. The van der Waals surface area contributed by atoms with Crippen LogP contribution in [-0.4, -0.2) is 10.9 Å². The van der Waals surface area contributed by atoms with Gasteiger partial charge in [0.25, 0.3) is 5.91 Å². The van der Waals surface area contributed by atoms with Gasteiger partial charge in [-0.3, -0.25) is 4.79 Å². The van der Waals surface area contributed by atoms with E-state index in [9.17, 15) is 4.79 Å². The van der Waals surface area contributed by atoms with Crippen LogP contribution < -0.4 is 5.32 Å². The fourth-order valence-electron chi connectivity index (χ4n) is 1.78. The van der Waals surface area contributed by atoms with Gasteiger partial charge in [0.1, 0.15) is 4.88 Å². The molecule has 0 radical (unpaired) electrons. The lowest BCUT2D eigenvalue weighted by molar-refractivity contribution is 0.103. The molecule has 112 valence electrons. The highest BCUT2D eigenvalue weighted by Gasteiger charge is 2.17. The Bertz CT molecular complexity index is 685. The van der Waals surface area contributed by atoms with Crippen molar-refractivity contribution in [2.45, 2.75) is 26.7 Å². The predicted molar refractivity (Wildman–Crippen MR) is 90.3 cm³/mol. The van der Waals surface area contributed by atoms with Gasteiger partial charge in [0, 0.05) is 0 Å². The third kappa shape index (κ3) is 3.89. The minimum atomic E-state index is -0.243. The summed E-state index contributed by atoms with van der Waals surface area (Å²) in [4.78, 5) is 17.3. The van der Waals surface area contributed by atoms with Crippen molar-refractivity contribution in [3.05, 3.63) is 42.8 Å². The number of rotatable bonds is 4. The first-order chi connectivity index (χ1) is 9.92. The molecule has 0 aliphatic rings. The fourth-order valence-corrected chi connectivity index (χ4v) is 3.44. The molecule has 1 amide bonds. The summed E-state index contributed by atoms with van der Waals surface area (Å²) in [6, 6.07) is 3.04. The first-order valence-electron chi connectivity index (χ1n) is 6.34. The molecule has 0 aliphatic heterocycles. The summed E-state index contributed by atoms with van der Waals surface area (Å²) < 4.78 is 0. The van der Waals surface area contributed by atoms with Crippen molar-refractivity contribution in [3.8, 4) is 0 Å². The van der Waals surface area contributed by atoms with Crippen LogP contribution in [0.2, 0.25) is 15.1 Å². The molecule has 1 aromatic carbocycles. The number of thiazole rings is 1. The van der Waals surface area contributed by atoms with Gasteiger partial charge in [0.05, 0.1) is 31.5 Å². The predicted octanol–water partition coefficient (Wildman–Crippen LogP) is 5.62. The van der Waals surface area contributed by atoms with E-state index in [-0.39, 0.29) is 5.91 Å². The molecule has 0 atom stereocenters. The van der Waals surface area contributed by atoms with Crippen LogP contribution in [-0.2, 0) is 6.42 Å². The van der Waals surface area contributed by atoms with Crippen LogP contribution in [0.3, 0.4) is 0 Å². The summed E-state index contributed by atoms with van der Waals surface area (Å²) in [7, 11) is 0. The number of halogens is 3. The summed E-state index contributed by atoms with van der Waals surface area (Å²) in [5.74, 6) is -0.243. The first-order valence-corrected chi connectivity index (χ1v) is 8.29. The Morgan fingerprint density at radius 2 is 1.90 bits per heavy atom. The van der Waals surface area contributed by atoms with Gasteiger partial charge < -0.3 is 5.32 Å². The van der Waals surface area contributed by atoms with Crippen LogP contribution in [0.25, 0.3) is 0 Å². The van der Waals surface area contributed by atoms with E-state index in [1.807, 2.05) is 6.92 Å². The average molecular weight is 364 g/mol. The molecular weight excluding hydrogens is 351 g/mol. The van der Waals surface area contributed by atoms with E-state index in [0.717, 1.165) is 23.5 Å². The third-order valence-electron chi connectivity index (χ3n) is 2.77. The number of nitrogens with one attached hydrogen (secondary N) is 1. The number of hydrogen-bond donors (Lipinski definition) is 1. The number of carbonyl (C=O) groups is 1. The number of carbonyl (C=O) groups excluding carboxylic acids is 1. The summed E-state index contributed by atoms with van der Waals surface area (Å²) in [5, 5.41) is 4.73. The summed E-state index contributed by atoms with van der Waals surface area (Å²) in [6.45, 7) is 3.90. The standard InChI is InChI=1S/C14H13Cl3N2OS/c1-3-4-12-18-7(2)13(21-12)14(20)19-11-6-9(16)8(15)5-10(11)17/h5-6H,3-4H2,1-2H3,(H,19,20). The van der Waals surface area contributed by atoms with E-state index in [2.05, 4.69) is 17.2 Å². The van der Waals surface area contributed by atoms with Gasteiger partial charge in [-0.25, -0.2) is 4.98 Å². The molecule has 0 fully saturated rings. The molecule has 0 spiro atoms. The Labute approximate surface area is 142 Å². The number of anilines is 1. The molecule has 0 saturated heterocycles. The third-order valence-corrected chi connectivity index (χ3v) is 5.02. The van der Waals surface area contributed by atoms with Crippen molar-refractivity contribution in [2.24, 2.45) is 0 Å². The molecule has 2 aromatic rings. The maximum Gasteiger partial charge on any atom is 0.267 e. The quantitative estimate of drug-likeness (QED) is 0.717. The summed E-state index contributed by atoms with van der Waals surface area (Å²) in [6.07, 6.45) is 1.86. The molecule has 0 saturated carbocycles. The van der Waals surface area contributed by atoms with E-state index in [4.69, 9.17) is 34.8 Å². The molecule has 0 aliphatic carbocycles. The van der Waals surface area contributed by atoms with Gasteiger partial charge in [-0.2, -0.15) is 0 Å². The van der Waals surface area contributed by atoms with Crippen molar-refractivity contribution in [3.63, 3.8) is 0 Å². The fraction of sp³-hybridized carbons (Fsp3) is 0.286. The molecule has 2 rings (SSSR count). The second kappa shape index (κ2) is 6.97. The second-order valence-electron chi connectivity index (χ2n) is 4.47. The molecule has 0 bridgehead atoms. The molecule has 0 unspecified atom stereocenters. The van der Waals surface area contributed by atoms with E-state index in [1.54, 1.807) is 0 Å². The van der Waals surface area contributed by atoms with Crippen LogP contribution in [0.1, 0.15) is 33.7 Å². The number of aryl methyl sites for hydroxylation is 2. The Kier molecular flexibility index (Phi) is 5.49. The van der Waals surface area contributed by atoms with Crippen molar-refractivity contribution < 1.29 is 4.79 Å². The molecule has 3 nitrogen and oxygen atoms in total. The largest absolute Gasteiger partial charge is 0.320 e. The molecule has 7 heteroatoms. The minimum absolute atomic E-state index is 0.243. The Balaban J connectivity index is 2.24. The van der Waals surface area contributed by atoms with Crippen molar-refractivity contribution in [1.82, 2.24) is 4.98 Å². The highest BCUT2D eigenvalue weighted by Crippen LogP contribution is 2.33. The topological polar surface area (TPSA) is 42.0 Å². The van der Waals surface area contributed by atoms with Gasteiger partial charge in [-0.05, 0) is 31.9 Å². The van der Waals surface area contributed by atoms with Gasteiger partial charge in [0.15, 0.2) is 0 Å². The van der Waals surface area contributed by atoms with Crippen molar-refractivity contribution in [2.75, 3.05) is 5.32 Å². The second-order valence-corrected chi connectivity index (χ2v) is 6.78. The lowest BCUT2D eigenvalue weighted by Crippen LogP contribution is -2.12. The van der Waals surface area contributed by atoms with E-state index >= 15 is 0 Å². The highest BCUT2D eigenvalue weighted by molar-refractivity contribution is 7.13. The number of hydrogen-bond acceptors (Lipinski definition) is 3. The van der Waals surface area contributed by atoms with Crippen LogP contribution in [0.5, 0.6) is 0 Å². The maximum absolute atomic E-state index is 12.3. The van der Waals surface area contributed by atoms with Crippen LogP contribution in [0.4, 0.5) is 5.69 Å². The molecule has 1 aromatic heterocycles. The lowest BCUT2D eigenvalue weighted by Gasteiger charge is -2.08. The lowest BCUT2D eigenvalue weighted by atomic mass is 10.3. The molecule has 21 heavy (non-hydrogen) atoms. The Morgan fingerprint density at radius 1 is 1.24 bits per heavy atom. The van der Waals surface area contributed by atoms with E-state index in [1.165, 1.54) is 23.5 Å². The summed E-state index contributed by atoms with van der Waals surface area (Å²) >= 11 is 19.3. The average Bonchev–Trinajstić information content (AvgIpc) is 2.77. The number of benzene rings is 1. The van der Waals surface area contributed by atoms with Crippen molar-refractivity contribution >= 4 is 57.7 Å². The van der Waals surface area contributed by atoms with Gasteiger partial charge in [0.2, 0.25) is 0 Å². The van der Waals surface area contributed by atoms with E-state index in [0.29, 0.717) is 25.6 Å².